The lowest BCUT2D eigenvalue weighted by Gasteiger charge is -2.43. The van der Waals surface area contributed by atoms with E-state index in [0.717, 1.165) is 6.54 Å². The molecule has 3 rings (SSSR count). The third kappa shape index (κ3) is 2.25. The molecule has 0 amide bonds. The van der Waals surface area contributed by atoms with Gasteiger partial charge >= 0.3 is 0 Å². The van der Waals surface area contributed by atoms with Crippen molar-refractivity contribution in [3.05, 3.63) is 21.8 Å². The lowest BCUT2D eigenvalue weighted by Crippen LogP contribution is -2.53. The first-order valence-electron chi connectivity index (χ1n) is 8.58. The van der Waals surface area contributed by atoms with Gasteiger partial charge in [0.25, 0.3) is 0 Å². The number of hydrazine groups is 2. The van der Waals surface area contributed by atoms with Gasteiger partial charge in [-0.1, -0.05) is 26.0 Å². The Morgan fingerprint density at radius 1 is 1.14 bits per heavy atom. The van der Waals surface area contributed by atoms with Crippen LogP contribution in [0.3, 0.4) is 0 Å². The molecular weight excluding hydrogens is 272 g/mol. The molecule has 1 aromatic heterocycles. The summed E-state index contributed by atoms with van der Waals surface area (Å²) in [5.41, 5.74) is 6.40. The third-order valence-corrected chi connectivity index (χ3v) is 5.06. The molecule has 0 spiro atoms. The second-order valence-electron chi connectivity index (χ2n) is 7.15. The maximum Gasteiger partial charge on any atom is 0.0697 e. The van der Waals surface area contributed by atoms with Gasteiger partial charge in [0.05, 0.1) is 12.6 Å². The first kappa shape index (κ1) is 15.8. The molecule has 1 aliphatic heterocycles. The minimum Gasteiger partial charge on any atom is -0.341 e. The van der Waals surface area contributed by atoms with Gasteiger partial charge < -0.3 is 4.57 Å². The molecule has 1 atom stereocenters. The van der Waals surface area contributed by atoms with Crippen LogP contribution in [0.5, 0.6) is 0 Å². The predicted octanol–water partition coefficient (Wildman–Crippen LogP) is 1.92. The van der Waals surface area contributed by atoms with E-state index in [1.165, 1.54) is 29.1 Å². The van der Waals surface area contributed by atoms with Crippen LogP contribution in [0.4, 0.5) is 0 Å². The van der Waals surface area contributed by atoms with Crippen molar-refractivity contribution in [1.29, 1.82) is 0 Å². The molecule has 0 saturated carbocycles. The topological polar surface area (TPSA) is 23.4 Å². The van der Waals surface area contributed by atoms with Gasteiger partial charge in [0.15, 0.2) is 0 Å². The van der Waals surface area contributed by atoms with Crippen LogP contribution in [0.25, 0.3) is 12.2 Å². The van der Waals surface area contributed by atoms with Crippen molar-refractivity contribution in [3.63, 3.8) is 0 Å². The van der Waals surface area contributed by atoms with E-state index >= 15 is 0 Å². The fourth-order valence-corrected chi connectivity index (χ4v) is 4.24. The molecule has 0 fully saturated rings. The predicted molar refractivity (Wildman–Crippen MR) is 92.2 cm³/mol. The SMILES string of the molecule is CNN1Cc2c(c3c(n2C(C)C)=CCCC=3)C(C(C)C)N1C. The van der Waals surface area contributed by atoms with Crippen molar-refractivity contribution in [1.82, 2.24) is 20.1 Å². The molecule has 1 aromatic rings. The van der Waals surface area contributed by atoms with Crippen molar-refractivity contribution >= 4 is 12.2 Å². The molecular formula is C18H30N4. The quantitative estimate of drug-likeness (QED) is 0.923. The van der Waals surface area contributed by atoms with Gasteiger partial charge in [0, 0.05) is 42.0 Å². The molecule has 0 saturated heterocycles. The highest BCUT2D eigenvalue weighted by atomic mass is 15.8. The van der Waals surface area contributed by atoms with E-state index in [1.54, 1.807) is 5.56 Å². The highest BCUT2D eigenvalue weighted by Gasteiger charge is 2.36. The zero-order valence-corrected chi connectivity index (χ0v) is 14.8. The Hall–Kier alpha value is -1.10. The van der Waals surface area contributed by atoms with Gasteiger partial charge in [0.1, 0.15) is 0 Å². The lowest BCUT2D eigenvalue weighted by molar-refractivity contribution is -0.109. The second-order valence-corrected chi connectivity index (χ2v) is 7.15. The van der Waals surface area contributed by atoms with E-state index < -0.39 is 0 Å². The molecule has 2 heterocycles. The minimum atomic E-state index is 0.424. The largest absolute Gasteiger partial charge is 0.341 e. The Labute approximate surface area is 134 Å². The van der Waals surface area contributed by atoms with Crippen LogP contribution in [-0.2, 0) is 6.54 Å². The summed E-state index contributed by atoms with van der Waals surface area (Å²) in [6.45, 7) is 10.2. The van der Waals surface area contributed by atoms with E-state index in [2.05, 4.69) is 67.0 Å². The summed E-state index contributed by atoms with van der Waals surface area (Å²) >= 11 is 0. The molecule has 1 N–H and O–H groups in total. The van der Waals surface area contributed by atoms with E-state index in [-0.39, 0.29) is 0 Å². The van der Waals surface area contributed by atoms with Gasteiger partial charge in [-0.05, 0) is 32.6 Å². The van der Waals surface area contributed by atoms with Crippen molar-refractivity contribution in [2.75, 3.05) is 14.1 Å². The van der Waals surface area contributed by atoms with Gasteiger partial charge in [-0.2, -0.15) is 5.12 Å². The van der Waals surface area contributed by atoms with Crippen molar-refractivity contribution < 1.29 is 0 Å². The normalized spacial score (nSPS) is 22.5. The maximum absolute atomic E-state index is 3.35. The summed E-state index contributed by atoms with van der Waals surface area (Å²) in [5, 5.41) is 7.57. The smallest absolute Gasteiger partial charge is 0.0697 e. The number of hydrogen-bond donors (Lipinski definition) is 1. The first-order valence-corrected chi connectivity index (χ1v) is 8.58. The van der Waals surface area contributed by atoms with Gasteiger partial charge in [-0.25, -0.2) is 10.4 Å². The van der Waals surface area contributed by atoms with E-state index in [4.69, 9.17) is 0 Å². The third-order valence-electron chi connectivity index (χ3n) is 5.06. The summed E-state index contributed by atoms with van der Waals surface area (Å²) in [5.74, 6) is 0.572. The average Bonchev–Trinajstić information content (AvgIpc) is 2.80. The molecule has 4 nitrogen and oxygen atoms in total. The molecule has 4 heteroatoms. The fourth-order valence-electron chi connectivity index (χ4n) is 4.24. The number of fused-ring (bicyclic) bond motifs is 3. The summed E-state index contributed by atoms with van der Waals surface area (Å²) < 4.78 is 2.56. The zero-order chi connectivity index (χ0) is 16.0. The maximum atomic E-state index is 3.35. The van der Waals surface area contributed by atoms with Crippen molar-refractivity contribution in [3.8, 4) is 0 Å². The summed E-state index contributed by atoms with van der Waals surface area (Å²) in [6, 6.07) is 0.919. The van der Waals surface area contributed by atoms with Crippen molar-refractivity contribution in [2.45, 2.75) is 59.2 Å². The van der Waals surface area contributed by atoms with Gasteiger partial charge in [-0.3, -0.25) is 0 Å². The lowest BCUT2D eigenvalue weighted by atomic mass is 9.91. The molecule has 0 aromatic carbocycles. The minimum absolute atomic E-state index is 0.424. The molecule has 1 unspecified atom stereocenters. The number of nitrogens with zero attached hydrogens (tertiary/aromatic N) is 3. The van der Waals surface area contributed by atoms with Crippen LogP contribution < -0.4 is 16.0 Å². The Morgan fingerprint density at radius 3 is 2.41 bits per heavy atom. The Bertz CT molecular complexity index is 668. The zero-order valence-electron chi connectivity index (χ0n) is 14.8. The number of nitrogens with one attached hydrogen (secondary N) is 1. The first-order chi connectivity index (χ1) is 10.5. The van der Waals surface area contributed by atoms with Crippen LogP contribution in [0.2, 0.25) is 0 Å². The fraction of sp³-hybridized carbons (Fsp3) is 0.667. The summed E-state index contributed by atoms with van der Waals surface area (Å²) in [4.78, 5) is 0. The van der Waals surface area contributed by atoms with Crippen molar-refractivity contribution in [2.24, 2.45) is 5.92 Å². The molecule has 22 heavy (non-hydrogen) atoms. The monoisotopic (exact) mass is 302 g/mol. The van der Waals surface area contributed by atoms with E-state index in [0.29, 0.717) is 18.0 Å². The molecule has 2 aliphatic rings. The van der Waals surface area contributed by atoms with Crippen LogP contribution in [0, 0.1) is 5.92 Å². The summed E-state index contributed by atoms with van der Waals surface area (Å²) in [6.07, 6.45) is 7.24. The van der Waals surface area contributed by atoms with Crippen LogP contribution in [0.15, 0.2) is 0 Å². The molecule has 122 valence electrons. The molecule has 0 radical (unpaired) electrons. The second kappa shape index (κ2) is 5.84. The van der Waals surface area contributed by atoms with E-state index in [9.17, 15) is 0 Å². The standard InChI is InChI=1S/C18H30N4/c1-12(2)18-17-14-9-7-8-10-15(14)22(13(3)4)16(17)11-21(19-5)20(18)6/h9-10,12-13,18-19H,7-8,11H2,1-6H3. The van der Waals surface area contributed by atoms with Crippen LogP contribution in [-0.4, -0.2) is 28.8 Å². The summed E-state index contributed by atoms with van der Waals surface area (Å²) in [7, 11) is 4.22. The highest BCUT2D eigenvalue weighted by Crippen LogP contribution is 2.34. The van der Waals surface area contributed by atoms with E-state index in [1.807, 2.05) is 7.05 Å². The number of rotatable bonds is 3. The number of aromatic nitrogens is 1. The van der Waals surface area contributed by atoms with Gasteiger partial charge in [-0.15, -0.1) is 0 Å². The Balaban J connectivity index is 2.33. The molecule has 0 bridgehead atoms. The average molecular weight is 302 g/mol. The molecule has 1 aliphatic carbocycles. The Morgan fingerprint density at radius 2 is 1.82 bits per heavy atom. The van der Waals surface area contributed by atoms with Gasteiger partial charge in [0.2, 0.25) is 0 Å². The van der Waals surface area contributed by atoms with Crippen LogP contribution in [0.1, 0.15) is 63.9 Å². The van der Waals surface area contributed by atoms with Crippen LogP contribution >= 0.6 is 0 Å². The number of hydrogen-bond acceptors (Lipinski definition) is 3. The highest BCUT2D eigenvalue weighted by molar-refractivity contribution is 5.45. The Kier molecular flexibility index (Phi) is 4.19.